The highest BCUT2D eigenvalue weighted by Gasteiger charge is 2.33. The number of nitrogens with one attached hydrogen (secondary N) is 3. The molecule has 4 aromatic rings. The number of pyridine rings is 1. The third-order valence-corrected chi connectivity index (χ3v) is 7.28. The van der Waals surface area contributed by atoms with Crippen LogP contribution in [0.25, 0.3) is 0 Å². The molecule has 2 aromatic carbocycles. The summed E-state index contributed by atoms with van der Waals surface area (Å²) in [6.45, 7) is 0. The van der Waals surface area contributed by atoms with Crippen molar-refractivity contribution in [2.24, 2.45) is 0 Å². The minimum absolute atomic E-state index is 0.0428. The molecule has 10 nitrogen and oxygen atoms in total. The molecule has 1 unspecified atom stereocenters. The summed E-state index contributed by atoms with van der Waals surface area (Å²) in [5.74, 6) is -1.31. The van der Waals surface area contributed by atoms with Gasteiger partial charge in [-0.15, -0.1) is 0 Å². The van der Waals surface area contributed by atoms with Gasteiger partial charge in [-0.2, -0.15) is 0 Å². The Bertz CT molecular complexity index is 1440. The van der Waals surface area contributed by atoms with Crippen molar-refractivity contribution in [2.75, 3.05) is 10.6 Å². The van der Waals surface area contributed by atoms with E-state index >= 15 is 0 Å². The van der Waals surface area contributed by atoms with E-state index in [1.807, 2.05) is 0 Å². The van der Waals surface area contributed by atoms with Gasteiger partial charge in [0.2, 0.25) is 5.95 Å². The van der Waals surface area contributed by atoms with Gasteiger partial charge in [-0.1, -0.05) is 24.3 Å². The van der Waals surface area contributed by atoms with Crippen LogP contribution in [0.1, 0.15) is 27.6 Å². The number of sulfone groups is 1. The van der Waals surface area contributed by atoms with Gasteiger partial charge in [-0.05, 0) is 42.0 Å². The fourth-order valence-corrected chi connectivity index (χ4v) is 5.37. The zero-order chi connectivity index (χ0) is 24.8. The van der Waals surface area contributed by atoms with Crippen molar-refractivity contribution in [3.05, 3.63) is 96.6 Å². The topological polar surface area (TPSA) is 154 Å². The number of imidazole rings is 1. The predicted octanol–water partition coefficient (Wildman–Crippen LogP) is 3.79. The van der Waals surface area contributed by atoms with Crippen LogP contribution >= 0.6 is 0 Å². The quantitative estimate of drug-likeness (QED) is 0.276. The van der Waals surface area contributed by atoms with Gasteiger partial charge in [-0.3, -0.25) is 14.6 Å². The third kappa shape index (κ3) is 5.53. The lowest BCUT2D eigenvalue weighted by molar-refractivity contribution is -0.137. The number of H-pyrrole nitrogens is 1. The summed E-state index contributed by atoms with van der Waals surface area (Å²) in [6, 6.07) is 15.5. The zero-order valence-corrected chi connectivity index (χ0v) is 19.1. The van der Waals surface area contributed by atoms with E-state index < -0.39 is 33.4 Å². The molecular weight excluding hydrogens is 470 g/mol. The van der Waals surface area contributed by atoms with E-state index in [9.17, 15) is 23.1 Å². The first-order valence-electron chi connectivity index (χ1n) is 10.5. The molecule has 0 aliphatic heterocycles. The number of carboxylic acid groups (broad SMARTS) is 1. The number of hydrogen-bond acceptors (Lipinski definition) is 7. The van der Waals surface area contributed by atoms with E-state index in [-0.39, 0.29) is 21.7 Å². The normalized spacial score (nSPS) is 12.0. The first-order valence-corrected chi connectivity index (χ1v) is 12.0. The number of carboxylic acids is 1. The number of anilines is 3. The molecular formula is C24H21N5O5S. The van der Waals surface area contributed by atoms with Crippen molar-refractivity contribution in [2.45, 2.75) is 16.6 Å². The monoisotopic (exact) mass is 491 g/mol. The maximum Gasteiger partial charge on any atom is 0.305 e. The van der Waals surface area contributed by atoms with Crippen LogP contribution in [0.3, 0.4) is 0 Å². The molecule has 0 radical (unpaired) electrons. The van der Waals surface area contributed by atoms with Gasteiger partial charge in [0.05, 0.1) is 17.0 Å². The van der Waals surface area contributed by atoms with Crippen LogP contribution in [-0.2, 0) is 14.6 Å². The smallest absolute Gasteiger partial charge is 0.305 e. The standard InChI is InChI=1S/C24H21N5O5S/c30-22(31)14-21(17-6-4-10-25-15-17)35(33,34)20-9-2-1-8-19(20)29-23(32)16-5-3-7-18(13-16)28-24-26-11-12-27-24/h1-13,15,21H,14H2,(H,29,32)(H,30,31)(H2,26,27,28). The van der Waals surface area contributed by atoms with Gasteiger partial charge in [0.15, 0.2) is 9.84 Å². The largest absolute Gasteiger partial charge is 0.481 e. The lowest BCUT2D eigenvalue weighted by Crippen LogP contribution is -2.20. The molecule has 0 aliphatic rings. The summed E-state index contributed by atoms with van der Waals surface area (Å²) in [6.07, 6.45) is 5.37. The van der Waals surface area contributed by atoms with E-state index in [0.29, 0.717) is 11.6 Å². The average molecular weight is 492 g/mol. The van der Waals surface area contributed by atoms with E-state index in [1.165, 1.54) is 42.7 Å². The molecule has 4 N–H and O–H groups in total. The Morgan fingerprint density at radius 3 is 2.57 bits per heavy atom. The summed E-state index contributed by atoms with van der Waals surface area (Å²) in [7, 11) is -4.21. The van der Waals surface area contributed by atoms with Crippen molar-refractivity contribution in [3.8, 4) is 0 Å². The number of nitrogens with zero attached hydrogens (tertiary/aromatic N) is 2. The highest BCUT2D eigenvalue weighted by Crippen LogP contribution is 2.35. The van der Waals surface area contributed by atoms with Crippen molar-refractivity contribution in [1.82, 2.24) is 15.0 Å². The van der Waals surface area contributed by atoms with Crippen LogP contribution < -0.4 is 10.6 Å². The van der Waals surface area contributed by atoms with E-state index in [1.54, 1.807) is 42.7 Å². The van der Waals surface area contributed by atoms with Crippen LogP contribution in [0.4, 0.5) is 17.3 Å². The Morgan fingerprint density at radius 2 is 1.86 bits per heavy atom. The number of hydrogen-bond donors (Lipinski definition) is 4. The summed E-state index contributed by atoms with van der Waals surface area (Å²) in [5, 5.41) is 13.7. The molecule has 11 heteroatoms. The highest BCUT2D eigenvalue weighted by atomic mass is 32.2. The number of carbonyl (C=O) groups is 2. The second-order valence-electron chi connectivity index (χ2n) is 7.51. The van der Waals surface area contributed by atoms with Crippen LogP contribution in [0.2, 0.25) is 0 Å². The Morgan fingerprint density at radius 1 is 1.03 bits per heavy atom. The predicted molar refractivity (Wildman–Crippen MR) is 129 cm³/mol. The lowest BCUT2D eigenvalue weighted by atomic mass is 10.1. The number of aromatic nitrogens is 3. The highest BCUT2D eigenvalue weighted by molar-refractivity contribution is 7.91. The Kier molecular flexibility index (Phi) is 6.88. The summed E-state index contributed by atoms with van der Waals surface area (Å²) < 4.78 is 27.2. The molecule has 1 amide bonds. The Labute approximate surface area is 201 Å². The summed E-state index contributed by atoms with van der Waals surface area (Å²) >= 11 is 0. The third-order valence-electron chi connectivity index (χ3n) is 5.12. The maximum atomic E-state index is 13.6. The van der Waals surface area contributed by atoms with Crippen LogP contribution in [-0.4, -0.2) is 40.4 Å². The first kappa shape index (κ1) is 23.6. The van der Waals surface area contributed by atoms with E-state index in [4.69, 9.17) is 0 Å². The fraction of sp³-hybridized carbons (Fsp3) is 0.0833. The molecule has 1 atom stereocenters. The van der Waals surface area contributed by atoms with Crippen molar-refractivity contribution >= 4 is 39.0 Å². The fourth-order valence-electron chi connectivity index (χ4n) is 3.51. The van der Waals surface area contributed by atoms with Crippen molar-refractivity contribution in [1.29, 1.82) is 0 Å². The van der Waals surface area contributed by atoms with Gasteiger partial charge < -0.3 is 20.7 Å². The van der Waals surface area contributed by atoms with Gasteiger partial charge in [0.1, 0.15) is 5.25 Å². The van der Waals surface area contributed by atoms with Crippen LogP contribution in [0.15, 0.2) is 90.3 Å². The van der Waals surface area contributed by atoms with E-state index in [0.717, 1.165) is 0 Å². The molecule has 0 saturated carbocycles. The molecule has 2 heterocycles. The van der Waals surface area contributed by atoms with Crippen LogP contribution in [0, 0.1) is 0 Å². The number of aromatic amines is 1. The molecule has 0 bridgehead atoms. The molecule has 2 aromatic heterocycles. The number of amides is 1. The second kappa shape index (κ2) is 10.2. The number of aliphatic carboxylic acids is 1. The molecule has 0 spiro atoms. The Balaban J connectivity index is 1.64. The first-order chi connectivity index (χ1) is 16.8. The minimum Gasteiger partial charge on any atom is -0.481 e. The minimum atomic E-state index is -4.21. The van der Waals surface area contributed by atoms with Crippen LogP contribution in [0.5, 0.6) is 0 Å². The number of para-hydroxylation sites is 1. The second-order valence-corrected chi connectivity index (χ2v) is 9.61. The molecule has 0 saturated heterocycles. The number of benzene rings is 2. The number of carbonyl (C=O) groups excluding carboxylic acids is 1. The summed E-state index contributed by atoms with van der Waals surface area (Å²) in [4.78, 5) is 35.2. The van der Waals surface area contributed by atoms with Gasteiger partial charge in [-0.25, -0.2) is 13.4 Å². The average Bonchev–Trinajstić information content (AvgIpc) is 3.36. The van der Waals surface area contributed by atoms with Gasteiger partial charge in [0.25, 0.3) is 5.91 Å². The number of rotatable bonds is 9. The zero-order valence-electron chi connectivity index (χ0n) is 18.3. The van der Waals surface area contributed by atoms with Crippen molar-refractivity contribution in [3.63, 3.8) is 0 Å². The molecule has 35 heavy (non-hydrogen) atoms. The molecule has 0 aliphatic carbocycles. The SMILES string of the molecule is O=C(O)CC(c1cccnc1)S(=O)(=O)c1ccccc1NC(=O)c1cccc(Nc2ncc[nH]2)c1. The Hall–Kier alpha value is -4.51. The molecule has 4 rings (SSSR count). The molecule has 0 fully saturated rings. The lowest BCUT2D eigenvalue weighted by Gasteiger charge is -2.19. The maximum absolute atomic E-state index is 13.6. The molecule has 178 valence electrons. The summed E-state index contributed by atoms with van der Waals surface area (Å²) in [5.41, 5.74) is 1.17. The van der Waals surface area contributed by atoms with Crippen molar-refractivity contribution < 1.29 is 23.1 Å². The van der Waals surface area contributed by atoms with Gasteiger partial charge >= 0.3 is 5.97 Å². The van der Waals surface area contributed by atoms with E-state index in [2.05, 4.69) is 25.6 Å². The van der Waals surface area contributed by atoms with Gasteiger partial charge in [0, 0.05) is 36.0 Å².